The van der Waals surface area contributed by atoms with Crippen molar-refractivity contribution in [3.8, 4) is 5.75 Å². The normalized spacial score (nSPS) is 16.2. The monoisotopic (exact) mass is 460 g/mol. The number of sulfonamides is 1. The van der Waals surface area contributed by atoms with Gasteiger partial charge >= 0.3 is 0 Å². The molecule has 1 aliphatic heterocycles. The van der Waals surface area contributed by atoms with Gasteiger partial charge in [0.15, 0.2) is 0 Å². The van der Waals surface area contributed by atoms with E-state index in [0.717, 1.165) is 5.56 Å². The van der Waals surface area contributed by atoms with Gasteiger partial charge in [-0.3, -0.25) is 14.6 Å². The second-order valence-corrected chi connectivity index (χ2v) is 9.60. The predicted molar refractivity (Wildman–Crippen MR) is 118 cm³/mol. The Hall–Kier alpha value is -2.98. The van der Waals surface area contributed by atoms with E-state index in [4.69, 9.17) is 4.74 Å². The number of nitrogens with one attached hydrogen (secondary N) is 2. The van der Waals surface area contributed by atoms with Gasteiger partial charge in [-0.05, 0) is 55.7 Å². The molecule has 0 aliphatic carbocycles. The number of amides is 2. The first-order valence-electron chi connectivity index (χ1n) is 10.4. The number of rotatable bonds is 8. The van der Waals surface area contributed by atoms with E-state index in [9.17, 15) is 18.0 Å². The summed E-state index contributed by atoms with van der Waals surface area (Å²) in [6, 6.07) is 9.18. The second kappa shape index (κ2) is 10.6. The summed E-state index contributed by atoms with van der Waals surface area (Å²) in [6.07, 6.45) is 4.11. The first-order valence-corrected chi connectivity index (χ1v) is 11.9. The highest BCUT2D eigenvalue weighted by molar-refractivity contribution is 7.89. The number of hydrogen-bond acceptors (Lipinski definition) is 6. The highest BCUT2D eigenvalue weighted by Gasteiger charge is 2.32. The first-order chi connectivity index (χ1) is 15.3. The number of aromatic nitrogens is 1. The average molecular weight is 461 g/mol. The summed E-state index contributed by atoms with van der Waals surface area (Å²) in [5.74, 6) is -0.291. The number of nitrogens with zero attached hydrogens (tertiary/aromatic N) is 2. The molecular formula is C22H28N4O5S. The van der Waals surface area contributed by atoms with E-state index in [0.29, 0.717) is 25.1 Å². The third-order valence-electron chi connectivity index (χ3n) is 5.46. The largest absolute Gasteiger partial charge is 0.497 e. The molecule has 9 nitrogen and oxygen atoms in total. The van der Waals surface area contributed by atoms with Crippen molar-refractivity contribution in [2.45, 2.75) is 37.2 Å². The lowest BCUT2D eigenvalue weighted by molar-refractivity contribution is -0.131. The van der Waals surface area contributed by atoms with Crippen molar-refractivity contribution in [2.75, 3.05) is 20.2 Å². The maximum Gasteiger partial charge on any atom is 0.243 e. The van der Waals surface area contributed by atoms with Crippen LogP contribution in [-0.2, 0) is 26.2 Å². The van der Waals surface area contributed by atoms with E-state index in [-0.39, 0.29) is 35.7 Å². The Bertz CT molecular complexity index is 1020. The van der Waals surface area contributed by atoms with E-state index < -0.39 is 16.1 Å². The molecule has 172 valence electrons. The lowest BCUT2D eigenvalue weighted by Gasteiger charge is -2.31. The van der Waals surface area contributed by atoms with Crippen molar-refractivity contribution in [3.63, 3.8) is 0 Å². The quantitative estimate of drug-likeness (QED) is 0.613. The van der Waals surface area contributed by atoms with Crippen molar-refractivity contribution in [1.29, 1.82) is 0 Å². The molecule has 1 saturated heterocycles. The first kappa shape index (κ1) is 23.7. The molecule has 3 rings (SSSR count). The third-order valence-corrected chi connectivity index (χ3v) is 7.38. The Morgan fingerprint density at radius 1 is 1.19 bits per heavy atom. The zero-order valence-electron chi connectivity index (χ0n) is 18.2. The van der Waals surface area contributed by atoms with Crippen LogP contribution in [0.1, 0.15) is 25.3 Å². The molecule has 2 aromatic rings. The number of carbonyl (C=O) groups excluding carboxylic acids is 2. The molecule has 0 saturated carbocycles. The van der Waals surface area contributed by atoms with Crippen LogP contribution in [0.4, 0.5) is 0 Å². The van der Waals surface area contributed by atoms with Gasteiger partial charge in [-0.25, -0.2) is 8.42 Å². The minimum atomic E-state index is -3.63. The van der Waals surface area contributed by atoms with Gasteiger partial charge in [-0.2, -0.15) is 4.31 Å². The summed E-state index contributed by atoms with van der Waals surface area (Å²) < 4.78 is 32.2. The summed E-state index contributed by atoms with van der Waals surface area (Å²) in [5.41, 5.74) is 0.866. The van der Waals surface area contributed by atoms with Crippen LogP contribution in [0, 0.1) is 5.92 Å². The van der Waals surface area contributed by atoms with Crippen LogP contribution in [-0.4, -0.2) is 55.8 Å². The number of hydrogen-bond donors (Lipinski definition) is 2. The summed E-state index contributed by atoms with van der Waals surface area (Å²) in [7, 11) is -2.11. The van der Waals surface area contributed by atoms with Crippen molar-refractivity contribution in [3.05, 3.63) is 54.4 Å². The predicted octanol–water partition coefficient (Wildman–Crippen LogP) is 1.31. The van der Waals surface area contributed by atoms with Crippen LogP contribution >= 0.6 is 0 Å². The maximum atomic E-state index is 12.8. The molecular weight excluding hydrogens is 432 g/mol. The number of benzene rings is 1. The fourth-order valence-electron chi connectivity index (χ4n) is 3.50. The number of methoxy groups -OCH3 is 1. The molecule has 10 heteroatoms. The molecule has 2 heterocycles. The topological polar surface area (TPSA) is 118 Å². The molecule has 32 heavy (non-hydrogen) atoms. The molecule has 0 bridgehead atoms. The van der Waals surface area contributed by atoms with Crippen molar-refractivity contribution < 1.29 is 22.7 Å². The number of carbonyl (C=O) groups is 2. The van der Waals surface area contributed by atoms with E-state index in [2.05, 4.69) is 15.6 Å². The summed E-state index contributed by atoms with van der Waals surface area (Å²) in [5, 5.41) is 5.51. The molecule has 1 aromatic carbocycles. The zero-order chi connectivity index (χ0) is 23.1. The van der Waals surface area contributed by atoms with Crippen LogP contribution in [0.3, 0.4) is 0 Å². The molecule has 1 aliphatic rings. The van der Waals surface area contributed by atoms with E-state index in [1.807, 2.05) is 6.07 Å². The summed E-state index contributed by atoms with van der Waals surface area (Å²) >= 11 is 0. The highest BCUT2D eigenvalue weighted by Crippen LogP contribution is 2.25. The van der Waals surface area contributed by atoms with E-state index >= 15 is 0 Å². The zero-order valence-corrected chi connectivity index (χ0v) is 19.0. The lowest BCUT2D eigenvalue weighted by Crippen LogP contribution is -2.49. The van der Waals surface area contributed by atoms with Crippen molar-refractivity contribution in [2.24, 2.45) is 5.92 Å². The van der Waals surface area contributed by atoms with Gasteiger partial charge in [0.1, 0.15) is 11.8 Å². The second-order valence-electron chi connectivity index (χ2n) is 7.66. The minimum Gasteiger partial charge on any atom is -0.497 e. The van der Waals surface area contributed by atoms with E-state index in [1.54, 1.807) is 37.5 Å². The lowest BCUT2D eigenvalue weighted by atomic mass is 9.97. The van der Waals surface area contributed by atoms with Gasteiger partial charge < -0.3 is 15.4 Å². The molecule has 0 radical (unpaired) electrons. The molecule has 0 unspecified atom stereocenters. The van der Waals surface area contributed by atoms with Crippen LogP contribution in [0.25, 0.3) is 0 Å². The average Bonchev–Trinajstić information content (AvgIpc) is 2.83. The number of piperidine rings is 1. The van der Waals surface area contributed by atoms with E-state index in [1.165, 1.54) is 23.5 Å². The van der Waals surface area contributed by atoms with Crippen LogP contribution < -0.4 is 15.4 Å². The third kappa shape index (κ3) is 5.83. The van der Waals surface area contributed by atoms with Crippen LogP contribution in [0.5, 0.6) is 5.75 Å². The maximum absolute atomic E-state index is 12.8. The molecule has 1 aromatic heterocycles. The fourth-order valence-corrected chi connectivity index (χ4v) is 4.97. The minimum absolute atomic E-state index is 0.195. The standard InChI is InChI=1S/C22H28N4O5S/c1-16(21(27)24-15-17-4-3-11-23-14-17)25-22(28)18-9-12-26(13-10-18)32(29,30)20-7-5-19(31-2)6-8-20/h3-8,11,14,16,18H,9-10,12-13,15H2,1-2H3,(H,24,27)(H,25,28)/t16-/m1/s1. The number of ether oxygens (including phenoxy) is 1. The Morgan fingerprint density at radius 3 is 2.47 bits per heavy atom. The van der Waals surface area contributed by atoms with Gasteiger partial charge in [-0.1, -0.05) is 6.07 Å². The molecule has 1 fully saturated rings. The Balaban J connectivity index is 1.48. The highest BCUT2D eigenvalue weighted by atomic mass is 32.2. The van der Waals surface area contributed by atoms with Crippen molar-refractivity contribution in [1.82, 2.24) is 19.9 Å². The summed E-state index contributed by atoms with van der Waals surface area (Å²) in [4.78, 5) is 29.1. The molecule has 2 N–H and O–H groups in total. The van der Waals surface area contributed by atoms with Gasteiger partial charge in [0.2, 0.25) is 21.8 Å². The van der Waals surface area contributed by atoms with Gasteiger partial charge in [0.05, 0.1) is 12.0 Å². The summed E-state index contributed by atoms with van der Waals surface area (Å²) in [6.45, 7) is 2.44. The Morgan fingerprint density at radius 2 is 1.88 bits per heavy atom. The Kier molecular flexibility index (Phi) is 7.81. The Labute approximate surface area is 188 Å². The number of pyridine rings is 1. The SMILES string of the molecule is COc1ccc(S(=O)(=O)N2CCC(C(=O)N[C@H](C)C(=O)NCc3cccnc3)CC2)cc1. The van der Waals surface area contributed by atoms with Gasteiger partial charge in [-0.15, -0.1) is 0 Å². The smallest absolute Gasteiger partial charge is 0.243 e. The van der Waals surface area contributed by atoms with Crippen molar-refractivity contribution >= 4 is 21.8 Å². The van der Waals surface area contributed by atoms with Gasteiger partial charge in [0.25, 0.3) is 0 Å². The fraction of sp³-hybridized carbons (Fsp3) is 0.409. The molecule has 1 atom stereocenters. The van der Waals surface area contributed by atoms with Crippen LogP contribution in [0.15, 0.2) is 53.7 Å². The van der Waals surface area contributed by atoms with Gasteiger partial charge in [0, 0.05) is 37.9 Å². The molecule has 0 spiro atoms. The van der Waals surface area contributed by atoms with Crippen LogP contribution in [0.2, 0.25) is 0 Å². The molecule has 2 amide bonds.